The third-order valence-electron chi connectivity index (χ3n) is 2.40. The number of rotatable bonds is 1. The van der Waals surface area contributed by atoms with E-state index in [1.54, 1.807) is 18.2 Å². The predicted octanol–water partition coefficient (Wildman–Crippen LogP) is 0.804. The average molecular weight is 218 g/mol. The Bertz CT molecular complexity index is 482. The first-order chi connectivity index (χ1) is 7.61. The smallest absolute Gasteiger partial charge is 0.244 e. The molecule has 2 amide bonds. The van der Waals surface area contributed by atoms with E-state index in [-0.39, 0.29) is 18.4 Å². The molecule has 82 valence electrons. The van der Waals surface area contributed by atoms with E-state index in [0.717, 1.165) is 0 Å². The highest BCUT2D eigenvalue weighted by molar-refractivity contribution is 6.09. The Morgan fingerprint density at radius 2 is 2.25 bits per heavy atom. The topological polar surface area (TPSA) is 66.5 Å². The normalized spacial score (nSPS) is 14.1. The van der Waals surface area contributed by atoms with Crippen molar-refractivity contribution in [2.45, 2.75) is 6.92 Å². The zero-order valence-corrected chi connectivity index (χ0v) is 8.69. The molecule has 0 saturated heterocycles. The van der Waals surface area contributed by atoms with Crippen LogP contribution in [0, 0.1) is 0 Å². The van der Waals surface area contributed by atoms with E-state index in [9.17, 15) is 14.4 Å². The van der Waals surface area contributed by atoms with Crippen LogP contribution in [0.3, 0.4) is 0 Å². The molecule has 1 heterocycles. The molecule has 0 atom stereocenters. The van der Waals surface area contributed by atoms with Gasteiger partial charge in [-0.2, -0.15) is 0 Å². The summed E-state index contributed by atoms with van der Waals surface area (Å²) >= 11 is 0. The first-order valence-electron chi connectivity index (χ1n) is 4.79. The van der Waals surface area contributed by atoms with Crippen molar-refractivity contribution in [3.63, 3.8) is 0 Å². The molecule has 1 aromatic carbocycles. The van der Waals surface area contributed by atoms with Gasteiger partial charge in [0.25, 0.3) is 0 Å². The number of amides is 2. The van der Waals surface area contributed by atoms with Crippen molar-refractivity contribution in [3.8, 4) is 0 Å². The summed E-state index contributed by atoms with van der Waals surface area (Å²) < 4.78 is 0. The minimum atomic E-state index is -0.259. The summed E-state index contributed by atoms with van der Waals surface area (Å²) in [5.41, 5.74) is 1.58. The number of aldehydes is 1. The van der Waals surface area contributed by atoms with Gasteiger partial charge in [-0.3, -0.25) is 14.4 Å². The van der Waals surface area contributed by atoms with Gasteiger partial charge < -0.3 is 10.2 Å². The van der Waals surface area contributed by atoms with Crippen LogP contribution < -0.4 is 10.2 Å². The molecule has 0 aliphatic carbocycles. The molecule has 2 rings (SSSR count). The van der Waals surface area contributed by atoms with Crippen molar-refractivity contribution >= 4 is 29.5 Å². The molecule has 5 heteroatoms. The van der Waals surface area contributed by atoms with E-state index in [4.69, 9.17) is 0 Å². The number of hydrogen-bond acceptors (Lipinski definition) is 3. The maximum absolute atomic E-state index is 11.3. The van der Waals surface area contributed by atoms with Crippen molar-refractivity contribution in [2.24, 2.45) is 0 Å². The fraction of sp³-hybridized carbons (Fsp3) is 0.182. The highest BCUT2D eigenvalue weighted by atomic mass is 16.2. The van der Waals surface area contributed by atoms with Crippen LogP contribution in [0.15, 0.2) is 18.2 Å². The second kappa shape index (κ2) is 3.77. The summed E-state index contributed by atoms with van der Waals surface area (Å²) in [5.74, 6) is -0.458. The number of hydrogen-bond donors (Lipinski definition) is 1. The maximum atomic E-state index is 11.3. The predicted molar refractivity (Wildman–Crippen MR) is 58.5 cm³/mol. The Balaban J connectivity index is 2.51. The number of benzene rings is 1. The number of nitrogens with one attached hydrogen (secondary N) is 1. The van der Waals surface area contributed by atoms with E-state index in [1.165, 1.54) is 11.8 Å². The van der Waals surface area contributed by atoms with Gasteiger partial charge >= 0.3 is 0 Å². The van der Waals surface area contributed by atoms with Crippen LogP contribution in [0.1, 0.15) is 17.3 Å². The molecule has 0 saturated carbocycles. The van der Waals surface area contributed by atoms with Gasteiger partial charge in [0.15, 0.2) is 0 Å². The summed E-state index contributed by atoms with van der Waals surface area (Å²) in [4.78, 5) is 34.7. The number of fused-ring (bicyclic) bond motifs is 1. The van der Waals surface area contributed by atoms with Gasteiger partial charge in [0, 0.05) is 12.5 Å². The number of anilines is 2. The van der Waals surface area contributed by atoms with Gasteiger partial charge in [0.2, 0.25) is 11.8 Å². The Hall–Kier alpha value is -2.17. The van der Waals surface area contributed by atoms with Gasteiger partial charge in [0.1, 0.15) is 12.8 Å². The van der Waals surface area contributed by atoms with Crippen LogP contribution in [-0.4, -0.2) is 24.6 Å². The van der Waals surface area contributed by atoms with Crippen LogP contribution in [0.5, 0.6) is 0 Å². The second-order valence-corrected chi connectivity index (χ2v) is 3.55. The largest absolute Gasteiger partial charge is 0.323 e. The van der Waals surface area contributed by atoms with Crippen LogP contribution in [-0.2, 0) is 9.59 Å². The van der Waals surface area contributed by atoms with Gasteiger partial charge in [0.05, 0.1) is 11.4 Å². The standard InChI is InChI=1S/C11H10N2O3/c1-7(15)13-5-11(16)12-9-4-8(6-14)2-3-10(9)13/h2-4,6H,5H2,1H3,(H,12,16). The lowest BCUT2D eigenvalue weighted by molar-refractivity contribution is -0.120. The lowest BCUT2D eigenvalue weighted by atomic mass is 10.1. The first-order valence-corrected chi connectivity index (χ1v) is 4.79. The molecule has 16 heavy (non-hydrogen) atoms. The quantitative estimate of drug-likeness (QED) is 0.709. The fourth-order valence-electron chi connectivity index (χ4n) is 1.66. The van der Waals surface area contributed by atoms with Crippen molar-refractivity contribution in [1.29, 1.82) is 0 Å². The molecule has 1 aromatic rings. The van der Waals surface area contributed by atoms with Gasteiger partial charge in [-0.25, -0.2) is 0 Å². The Labute approximate surface area is 92.0 Å². The van der Waals surface area contributed by atoms with Gasteiger partial charge in [-0.1, -0.05) is 0 Å². The minimum absolute atomic E-state index is 0.0166. The van der Waals surface area contributed by atoms with Crippen LogP contribution in [0.2, 0.25) is 0 Å². The highest BCUT2D eigenvalue weighted by Crippen LogP contribution is 2.29. The molecule has 1 aliphatic rings. The number of carbonyl (C=O) groups excluding carboxylic acids is 3. The molecule has 0 fully saturated rings. The van der Waals surface area contributed by atoms with Crippen molar-refractivity contribution < 1.29 is 14.4 Å². The van der Waals surface area contributed by atoms with Crippen molar-refractivity contribution in [1.82, 2.24) is 0 Å². The lowest BCUT2D eigenvalue weighted by Gasteiger charge is -2.28. The lowest BCUT2D eigenvalue weighted by Crippen LogP contribution is -2.41. The Morgan fingerprint density at radius 3 is 2.88 bits per heavy atom. The molecule has 1 aliphatic heterocycles. The minimum Gasteiger partial charge on any atom is -0.323 e. The third kappa shape index (κ3) is 1.67. The third-order valence-corrected chi connectivity index (χ3v) is 2.40. The van der Waals surface area contributed by atoms with E-state index in [2.05, 4.69) is 5.32 Å². The van der Waals surface area contributed by atoms with Gasteiger partial charge in [-0.05, 0) is 18.2 Å². The van der Waals surface area contributed by atoms with Gasteiger partial charge in [-0.15, -0.1) is 0 Å². The molecule has 0 spiro atoms. The van der Waals surface area contributed by atoms with E-state index >= 15 is 0 Å². The van der Waals surface area contributed by atoms with Crippen LogP contribution in [0.4, 0.5) is 11.4 Å². The number of carbonyl (C=O) groups is 3. The second-order valence-electron chi connectivity index (χ2n) is 3.55. The fourth-order valence-corrected chi connectivity index (χ4v) is 1.66. The molecular weight excluding hydrogens is 208 g/mol. The average Bonchev–Trinajstić information content (AvgIpc) is 2.26. The summed E-state index contributed by atoms with van der Waals surface area (Å²) in [5, 5.41) is 2.63. The molecular formula is C11H10N2O3. The highest BCUT2D eigenvalue weighted by Gasteiger charge is 2.24. The zero-order chi connectivity index (χ0) is 11.7. The number of nitrogens with zero attached hydrogens (tertiary/aromatic N) is 1. The summed E-state index contributed by atoms with van der Waals surface area (Å²) in [6, 6.07) is 4.81. The molecule has 0 bridgehead atoms. The molecule has 0 unspecified atom stereocenters. The Kier molecular flexibility index (Phi) is 2.44. The summed E-state index contributed by atoms with van der Waals surface area (Å²) in [6.07, 6.45) is 0.694. The monoisotopic (exact) mass is 218 g/mol. The maximum Gasteiger partial charge on any atom is 0.244 e. The molecule has 5 nitrogen and oxygen atoms in total. The first kappa shape index (κ1) is 10.4. The molecule has 0 radical (unpaired) electrons. The summed E-state index contributed by atoms with van der Waals surface area (Å²) in [7, 11) is 0. The van der Waals surface area contributed by atoms with Crippen LogP contribution >= 0.6 is 0 Å². The SMILES string of the molecule is CC(=O)N1CC(=O)Nc2cc(C=O)ccc21. The molecule has 0 aromatic heterocycles. The van der Waals surface area contributed by atoms with Crippen molar-refractivity contribution in [2.75, 3.05) is 16.8 Å². The van der Waals surface area contributed by atoms with E-state index in [0.29, 0.717) is 23.2 Å². The Morgan fingerprint density at radius 1 is 1.50 bits per heavy atom. The molecule has 1 N–H and O–H groups in total. The van der Waals surface area contributed by atoms with E-state index in [1.807, 2.05) is 0 Å². The van der Waals surface area contributed by atoms with E-state index < -0.39 is 0 Å². The summed E-state index contributed by atoms with van der Waals surface area (Å²) in [6.45, 7) is 1.42. The zero-order valence-electron chi connectivity index (χ0n) is 8.69. The van der Waals surface area contributed by atoms with Crippen LogP contribution in [0.25, 0.3) is 0 Å². The van der Waals surface area contributed by atoms with Crippen molar-refractivity contribution in [3.05, 3.63) is 23.8 Å².